The second kappa shape index (κ2) is 7.51. The quantitative estimate of drug-likeness (QED) is 0.422. The molecule has 5 nitrogen and oxygen atoms in total. The Morgan fingerprint density at radius 3 is 2.48 bits per heavy atom. The van der Waals surface area contributed by atoms with E-state index in [1.165, 1.54) is 12.1 Å². The van der Waals surface area contributed by atoms with Crippen molar-refractivity contribution < 1.29 is 18.0 Å². The van der Waals surface area contributed by atoms with Crippen LogP contribution in [0.3, 0.4) is 0 Å². The number of amides is 1. The molecule has 1 rings (SSSR count). The highest BCUT2D eigenvalue weighted by molar-refractivity contribution is 5.95. The van der Waals surface area contributed by atoms with Crippen molar-refractivity contribution in [1.82, 2.24) is 5.32 Å². The van der Waals surface area contributed by atoms with Crippen LogP contribution in [0.15, 0.2) is 29.3 Å². The summed E-state index contributed by atoms with van der Waals surface area (Å²) in [6, 6.07) is 4.67. The number of hydrogen-bond acceptors (Lipinski definition) is 2. The fourth-order valence-corrected chi connectivity index (χ4v) is 1.67. The minimum Gasteiger partial charge on any atom is -0.370 e. The molecule has 0 aliphatic rings. The molecule has 0 spiro atoms. The second-order valence-corrected chi connectivity index (χ2v) is 4.31. The molecular formula is C13H17F3N4O. The Morgan fingerprint density at radius 2 is 1.86 bits per heavy atom. The monoisotopic (exact) mass is 302 g/mol. The number of halogens is 3. The van der Waals surface area contributed by atoms with Gasteiger partial charge in [-0.25, -0.2) is 0 Å². The van der Waals surface area contributed by atoms with Crippen LogP contribution >= 0.6 is 0 Å². The Labute approximate surface area is 120 Å². The van der Waals surface area contributed by atoms with E-state index in [0.29, 0.717) is 19.4 Å². The lowest BCUT2D eigenvalue weighted by Crippen LogP contribution is -2.27. The summed E-state index contributed by atoms with van der Waals surface area (Å²) >= 11 is 0. The molecule has 0 fully saturated rings. The number of nitrogens with zero attached hydrogens (tertiary/aromatic N) is 1. The first-order valence-electron chi connectivity index (χ1n) is 6.32. The summed E-state index contributed by atoms with van der Waals surface area (Å²) in [6.45, 7) is 0.669. The average Bonchev–Trinajstić information content (AvgIpc) is 2.41. The third-order valence-corrected chi connectivity index (χ3v) is 2.64. The van der Waals surface area contributed by atoms with E-state index in [4.69, 9.17) is 11.5 Å². The first-order valence-corrected chi connectivity index (χ1v) is 6.32. The number of carbonyl (C=O) groups excluding carboxylic acids is 1. The summed E-state index contributed by atoms with van der Waals surface area (Å²) in [5, 5.41) is 2.45. The Hall–Kier alpha value is -2.25. The van der Waals surface area contributed by atoms with Gasteiger partial charge in [0.05, 0.1) is 11.1 Å². The van der Waals surface area contributed by atoms with Crippen molar-refractivity contribution in [2.24, 2.45) is 16.5 Å². The van der Waals surface area contributed by atoms with Crippen molar-refractivity contribution in [2.75, 3.05) is 13.1 Å². The lowest BCUT2D eigenvalue weighted by molar-refractivity contribution is -0.137. The van der Waals surface area contributed by atoms with Crippen LogP contribution in [0.25, 0.3) is 0 Å². The van der Waals surface area contributed by atoms with Crippen molar-refractivity contribution >= 4 is 11.9 Å². The number of guanidine groups is 1. The molecule has 0 atom stereocenters. The number of benzene rings is 1. The summed E-state index contributed by atoms with van der Waals surface area (Å²) in [6.07, 6.45) is -3.36. The zero-order valence-corrected chi connectivity index (χ0v) is 11.3. The number of unbranched alkanes of at least 4 members (excludes halogenated alkanes) is 1. The molecule has 0 radical (unpaired) electrons. The standard InChI is InChI=1S/C13H17F3N4O/c14-13(15,16)10-6-2-1-5-9(10)11(21)19-7-3-4-8-20-12(17)18/h1-2,5-6H,3-4,7-8H2,(H,19,21)(H4,17,18,20). The van der Waals surface area contributed by atoms with Gasteiger partial charge in [-0.3, -0.25) is 9.79 Å². The zero-order valence-electron chi connectivity index (χ0n) is 11.3. The fourth-order valence-electron chi connectivity index (χ4n) is 1.67. The lowest BCUT2D eigenvalue weighted by atomic mass is 10.1. The Bertz CT molecular complexity index is 510. The highest BCUT2D eigenvalue weighted by atomic mass is 19.4. The second-order valence-electron chi connectivity index (χ2n) is 4.31. The largest absolute Gasteiger partial charge is 0.417 e. The van der Waals surface area contributed by atoms with Crippen LogP contribution in [0.1, 0.15) is 28.8 Å². The lowest BCUT2D eigenvalue weighted by Gasteiger charge is -2.12. The SMILES string of the molecule is NC(N)=NCCCCNC(=O)c1ccccc1C(F)(F)F. The Kier molecular flexibility index (Phi) is 6.01. The molecule has 0 aromatic heterocycles. The highest BCUT2D eigenvalue weighted by Gasteiger charge is 2.34. The maximum Gasteiger partial charge on any atom is 0.417 e. The van der Waals surface area contributed by atoms with E-state index in [9.17, 15) is 18.0 Å². The summed E-state index contributed by atoms with van der Waals surface area (Å²) in [5.41, 5.74) is 8.96. The number of alkyl halides is 3. The van der Waals surface area contributed by atoms with E-state index in [2.05, 4.69) is 10.3 Å². The summed E-state index contributed by atoms with van der Waals surface area (Å²) in [5.74, 6) is -0.761. The topological polar surface area (TPSA) is 93.5 Å². The zero-order chi connectivity index (χ0) is 15.9. The van der Waals surface area contributed by atoms with E-state index in [-0.39, 0.29) is 18.1 Å². The normalized spacial score (nSPS) is 11.0. The predicted molar refractivity (Wildman–Crippen MR) is 73.7 cm³/mol. The molecule has 0 saturated heterocycles. The van der Waals surface area contributed by atoms with Gasteiger partial charge in [0.2, 0.25) is 0 Å². The Morgan fingerprint density at radius 1 is 1.19 bits per heavy atom. The third kappa shape index (κ3) is 5.72. The van der Waals surface area contributed by atoms with E-state index in [0.717, 1.165) is 12.1 Å². The molecule has 0 heterocycles. The molecule has 1 aromatic carbocycles. The van der Waals surface area contributed by atoms with Crippen LogP contribution in [0.2, 0.25) is 0 Å². The molecule has 1 amide bonds. The van der Waals surface area contributed by atoms with Crippen LogP contribution in [-0.2, 0) is 6.18 Å². The van der Waals surface area contributed by atoms with Crippen LogP contribution in [0.5, 0.6) is 0 Å². The summed E-state index contributed by atoms with van der Waals surface area (Å²) in [7, 11) is 0. The maximum absolute atomic E-state index is 12.8. The van der Waals surface area contributed by atoms with Gasteiger partial charge in [-0.15, -0.1) is 0 Å². The van der Waals surface area contributed by atoms with Crippen LogP contribution < -0.4 is 16.8 Å². The number of nitrogens with two attached hydrogens (primary N) is 2. The molecular weight excluding hydrogens is 285 g/mol. The first kappa shape index (κ1) is 16.8. The average molecular weight is 302 g/mol. The molecule has 8 heteroatoms. The van der Waals surface area contributed by atoms with Gasteiger partial charge in [-0.05, 0) is 25.0 Å². The molecule has 1 aromatic rings. The molecule has 5 N–H and O–H groups in total. The molecule has 0 aliphatic carbocycles. The minimum absolute atomic E-state index is 0.0156. The third-order valence-electron chi connectivity index (χ3n) is 2.64. The van der Waals surface area contributed by atoms with Crippen LogP contribution in [0.4, 0.5) is 13.2 Å². The van der Waals surface area contributed by atoms with Crippen molar-refractivity contribution in [3.63, 3.8) is 0 Å². The maximum atomic E-state index is 12.8. The van der Waals surface area contributed by atoms with Crippen molar-refractivity contribution in [3.8, 4) is 0 Å². The van der Waals surface area contributed by atoms with E-state index in [1.54, 1.807) is 0 Å². The van der Waals surface area contributed by atoms with Gasteiger partial charge in [0.25, 0.3) is 5.91 Å². The highest BCUT2D eigenvalue weighted by Crippen LogP contribution is 2.31. The van der Waals surface area contributed by atoms with Gasteiger partial charge in [-0.1, -0.05) is 12.1 Å². The van der Waals surface area contributed by atoms with Gasteiger partial charge in [-0.2, -0.15) is 13.2 Å². The number of carbonyl (C=O) groups is 1. The Balaban J connectivity index is 2.52. The van der Waals surface area contributed by atoms with Crippen LogP contribution in [-0.4, -0.2) is 25.0 Å². The molecule has 0 bridgehead atoms. The number of nitrogens with one attached hydrogen (secondary N) is 1. The van der Waals surface area contributed by atoms with Crippen molar-refractivity contribution in [1.29, 1.82) is 0 Å². The molecule has 116 valence electrons. The number of aliphatic imine (C=N–C) groups is 1. The van der Waals surface area contributed by atoms with Crippen LogP contribution in [0, 0.1) is 0 Å². The summed E-state index contributed by atoms with van der Waals surface area (Å²) in [4.78, 5) is 15.5. The van der Waals surface area contributed by atoms with Crippen molar-refractivity contribution in [2.45, 2.75) is 19.0 Å². The molecule has 0 aliphatic heterocycles. The number of hydrogen-bond donors (Lipinski definition) is 3. The van der Waals surface area contributed by atoms with Gasteiger partial charge < -0.3 is 16.8 Å². The first-order chi connectivity index (χ1) is 9.82. The van der Waals surface area contributed by atoms with Gasteiger partial charge >= 0.3 is 6.18 Å². The van der Waals surface area contributed by atoms with Gasteiger partial charge in [0.15, 0.2) is 5.96 Å². The minimum atomic E-state index is -4.55. The molecule has 21 heavy (non-hydrogen) atoms. The predicted octanol–water partition coefficient (Wildman–Crippen LogP) is 1.49. The smallest absolute Gasteiger partial charge is 0.370 e. The van der Waals surface area contributed by atoms with Gasteiger partial charge in [0, 0.05) is 13.1 Å². The van der Waals surface area contributed by atoms with E-state index in [1.807, 2.05) is 0 Å². The fraction of sp³-hybridized carbons (Fsp3) is 0.385. The van der Waals surface area contributed by atoms with E-state index >= 15 is 0 Å². The summed E-state index contributed by atoms with van der Waals surface area (Å²) < 4.78 is 38.3. The molecule has 0 unspecified atom stereocenters. The number of rotatable bonds is 6. The van der Waals surface area contributed by atoms with E-state index < -0.39 is 17.6 Å². The molecule has 0 saturated carbocycles. The van der Waals surface area contributed by atoms with Crippen molar-refractivity contribution in [3.05, 3.63) is 35.4 Å². The van der Waals surface area contributed by atoms with Gasteiger partial charge in [0.1, 0.15) is 0 Å².